The van der Waals surface area contributed by atoms with Gasteiger partial charge in [0.25, 0.3) is 0 Å². The van der Waals surface area contributed by atoms with Crippen molar-refractivity contribution in [2.24, 2.45) is 0 Å². The van der Waals surface area contributed by atoms with E-state index in [1.807, 2.05) is 35.2 Å². The summed E-state index contributed by atoms with van der Waals surface area (Å²) in [5.41, 5.74) is 0. The topological polar surface area (TPSA) is 45.7 Å². The lowest BCUT2D eigenvalue weighted by molar-refractivity contribution is -0.130. The number of carbonyl (C=O) groups is 1. The second-order valence-electron chi connectivity index (χ2n) is 6.75. The summed E-state index contributed by atoms with van der Waals surface area (Å²) in [7, 11) is 0. The molecule has 0 radical (unpaired) electrons. The van der Waals surface area contributed by atoms with Crippen LogP contribution in [0.1, 0.15) is 19.8 Å². The Balaban J connectivity index is 1.68. The van der Waals surface area contributed by atoms with Crippen molar-refractivity contribution in [3.63, 3.8) is 0 Å². The Kier molecular flexibility index (Phi) is 6.23. The van der Waals surface area contributed by atoms with Crippen LogP contribution in [0.5, 0.6) is 5.88 Å². The minimum Gasteiger partial charge on any atom is -0.473 e. The van der Waals surface area contributed by atoms with E-state index in [0.717, 1.165) is 56.3 Å². The van der Waals surface area contributed by atoms with Gasteiger partial charge in [-0.2, -0.15) is 0 Å². The fraction of sp³-hybridized carbons (Fsp3) is 0.429. The Morgan fingerprint density at radius 2 is 2.04 bits per heavy atom. The van der Waals surface area contributed by atoms with Crippen molar-refractivity contribution >= 4 is 16.7 Å². The fourth-order valence-electron chi connectivity index (χ4n) is 3.37. The van der Waals surface area contributed by atoms with E-state index in [1.54, 1.807) is 13.1 Å². The number of pyridine rings is 1. The van der Waals surface area contributed by atoms with E-state index in [4.69, 9.17) is 4.74 Å². The van der Waals surface area contributed by atoms with Gasteiger partial charge in [0.1, 0.15) is 6.10 Å². The Morgan fingerprint density at radius 3 is 2.77 bits per heavy atom. The molecule has 26 heavy (non-hydrogen) atoms. The van der Waals surface area contributed by atoms with E-state index >= 15 is 0 Å². The van der Waals surface area contributed by atoms with Gasteiger partial charge in [0.15, 0.2) is 0 Å². The molecule has 3 rings (SSSR count). The van der Waals surface area contributed by atoms with Crippen molar-refractivity contribution in [3.8, 4) is 5.88 Å². The summed E-state index contributed by atoms with van der Waals surface area (Å²) in [6.07, 6.45) is 5.59. The van der Waals surface area contributed by atoms with Crippen LogP contribution in [0.25, 0.3) is 10.8 Å². The minimum atomic E-state index is 0.0511. The molecule has 2 heterocycles. The number of benzene rings is 1. The third-order valence-electron chi connectivity index (χ3n) is 4.89. The zero-order valence-electron chi connectivity index (χ0n) is 15.4. The monoisotopic (exact) mass is 353 g/mol. The molecule has 1 atom stereocenters. The number of ether oxygens (including phenoxy) is 1. The van der Waals surface area contributed by atoms with Gasteiger partial charge in [-0.3, -0.25) is 9.69 Å². The summed E-state index contributed by atoms with van der Waals surface area (Å²) in [4.78, 5) is 20.2. The predicted octanol–water partition coefficient (Wildman–Crippen LogP) is 3.11. The number of carbonyl (C=O) groups excluding carboxylic acids is 1. The summed E-state index contributed by atoms with van der Waals surface area (Å²) in [6, 6.07) is 10.2. The molecular formula is C21H27N3O2. The lowest BCUT2D eigenvalue weighted by Crippen LogP contribution is -2.50. The Morgan fingerprint density at radius 1 is 1.27 bits per heavy atom. The molecule has 1 amide bonds. The molecule has 0 saturated carbocycles. The molecular weight excluding hydrogens is 326 g/mol. The molecule has 1 fully saturated rings. The summed E-state index contributed by atoms with van der Waals surface area (Å²) in [5.74, 6) is 0.851. The predicted molar refractivity (Wildman–Crippen MR) is 104 cm³/mol. The number of piperazine rings is 1. The number of aromatic nitrogens is 1. The van der Waals surface area contributed by atoms with Crippen LogP contribution < -0.4 is 4.74 Å². The van der Waals surface area contributed by atoms with Gasteiger partial charge in [0.2, 0.25) is 11.8 Å². The van der Waals surface area contributed by atoms with Crippen LogP contribution in [0.4, 0.5) is 0 Å². The van der Waals surface area contributed by atoms with E-state index in [2.05, 4.69) is 22.5 Å². The van der Waals surface area contributed by atoms with E-state index in [0.29, 0.717) is 5.88 Å². The summed E-state index contributed by atoms with van der Waals surface area (Å²) in [5, 5.41) is 2.18. The number of nitrogens with zero attached hydrogens (tertiary/aromatic N) is 3. The molecule has 1 unspecified atom stereocenters. The molecule has 1 aliphatic heterocycles. The van der Waals surface area contributed by atoms with Gasteiger partial charge in [0.05, 0.1) is 0 Å². The van der Waals surface area contributed by atoms with Crippen LogP contribution in [0.2, 0.25) is 0 Å². The van der Waals surface area contributed by atoms with Crippen molar-refractivity contribution in [2.45, 2.75) is 25.9 Å². The van der Waals surface area contributed by atoms with E-state index in [1.165, 1.54) is 0 Å². The number of rotatable bonds is 7. The quantitative estimate of drug-likeness (QED) is 0.718. The molecule has 1 aromatic carbocycles. The molecule has 0 aliphatic carbocycles. The van der Waals surface area contributed by atoms with Gasteiger partial charge >= 0.3 is 0 Å². The maximum atomic E-state index is 11.5. The average Bonchev–Trinajstić information content (AvgIpc) is 2.67. The smallest absolute Gasteiger partial charge is 0.221 e. The summed E-state index contributed by atoms with van der Waals surface area (Å²) < 4.78 is 6.33. The Labute approximate surface area is 155 Å². The first-order chi connectivity index (χ1) is 12.7. The van der Waals surface area contributed by atoms with Gasteiger partial charge in [-0.25, -0.2) is 4.98 Å². The number of fused-ring (bicyclic) bond motifs is 1. The molecule has 5 nitrogen and oxygen atoms in total. The highest BCUT2D eigenvalue weighted by molar-refractivity contribution is 5.86. The van der Waals surface area contributed by atoms with E-state index < -0.39 is 0 Å². The van der Waals surface area contributed by atoms with Gasteiger partial charge in [-0.1, -0.05) is 24.3 Å². The summed E-state index contributed by atoms with van der Waals surface area (Å²) >= 11 is 0. The molecule has 0 N–H and O–H groups in total. The highest BCUT2D eigenvalue weighted by Crippen LogP contribution is 2.24. The normalized spacial score (nSPS) is 16.4. The first-order valence-corrected chi connectivity index (χ1v) is 9.26. The lowest BCUT2D eigenvalue weighted by atomic mass is 10.1. The van der Waals surface area contributed by atoms with Crippen LogP contribution in [-0.4, -0.2) is 59.5 Å². The Hall–Kier alpha value is -2.40. The second-order valence-corrected chi connectivity index (χ2v) is 6.75. The van der Waals surface area contributed by atoms with Crippen molar-refractivity contribution in [1.29, 1.82) is 0 Å². The number of allylic oxidation sites excluding steroid dienone is 1. The number of amides is 1. The zero-order chi connectivity index (χ0) is 18.4. The number of hydrogen-bond donors (Lipinski definition) is 0. The van der Waals surface area contributed by atoms with Crippen molar-refractivity contribution in [1.82, 2.24) is 14.8 Å². The molecule has 2 aromatic rings. The highest BCUT2D eigenvalue weighted by atomic mass is 16.5. The maximum Gasteiger partial charge on any atom is 0.221 e. The third-order valence-corrected chi connectivity index (χ3v) is 4.89. The average molecular weight is 353 g/mol. The van der Waals surface area contributed by atoms with E-state index in [-0.39, 0.29) is 12.0 Å². The zero-order valence-corrected chi connectivity index (χ0v) is 15.4. The maximum absolute atomic E-state index is 11.5. The van der Waals surface area contributed by atoms with Crippen molar-refractivity contribution in [3.05, 3.63) is 49.2 Å². The standard InChI is InChI=1S/C21H27N3O2/c1-3-4-8-19(16-23-12-14-24(15-13-23)17(2)25)26-21-20-9-6-5-7-18(20)10-11-22-21/h3,5-7,9-11,19H,1,4,8,12-16H2,2H3. The SMILES string of the molecule is C=CCCC(CN1CCN(C(C)=O)CC1)Oc1nccc2ccccc12. The van der Waals surface area contributed by atoms with Crippen molar-refractivity contribution < 1.29 is 9.53 Å². The Bertz CT molecular complexity index is 749. The molecule has 5 heteroatoms. The first-order valence-electron chi connectivity index (χ1n) is 9.26. The van der Waals surface area contributed by atoms with Crippen LogP contribution in [-0.2, 0) is 4.79 Å². The molecule has 1 aromatic heterocycles. The second kappa shape index (κ2) is 8.81. The largest absolute Gasteiger partial charge is 0.473 e. The van der Waals surface area contributed by atoms with Gasteiger partial charge in [0, 0.05) is 51.2 Å². The highest BCUT2D eigenvalue weighted by Gasteiger charge is 2.22. The summed E-state index contributed by atoms with van der Waals surface area (Å²) in [6.45, 7) is 9.66. The van der Waals surface area contributed by atoms with Crippen LogP contribution >= 0.6 is 0 Å². The van der Waals surface area contributed by atoms with Crippen LogP contribution in [0.3, 0.4) is 0 Å². The van der Waals surface area contributed by atoms with Crippen LogP contribution in [0.15, 0.2) is 49.2 Å². The van der Waals surface area contributed by atoms with Crippen molar-refractivity contribution in [2.75, 3.05) is 32.7 Å². The third kappa shape index (κ3) is 4.61. The van der Waals surface area contributed by atoms with Crippen LogP contribution in [0, 0.1) is 0 Å². The van der Waals surface area contributed by atoms with Gasteiger partial charge in [-0.15, -0.1) is 6.58 Å². The molecule has 1 saturated heterocycles. The number of hydrogen-bond acceptors (Lipinski definition) is 4. The molecule has 0 spiro atoms. The lowest BCUT2D eigenvalue weighted by Gasteiger charge is -2.36. The minimum absolute atomic E-state index is 0.0511. The fourth-order valence-corrected chi connectivity index (χ4v) is 3.37. The molecule has 138 valence electrons. The van der Waals surface area contributed by atoms with Gasteiger partial charge < -0.3 is 9.64 Å². The van der Waals surface area contributed by atoms with E-state index in [9.17, 15) is 4.79 Å². The molecule has 0 bridgehead atoms. The first kappa shape index (κ1) is 18.4. The molecule has 1 aliphatic rings. The van der Waals surface area contributed by atoms with Gasteiger partial charge in [-0.05, 0) is 30.4 Å².